The van der Waals surface area contributed by atoms with Crippen molar-refractivity contribution in [3.8, 4) is 0 Å². The maximum absolute atomic E-state index is 4.52. The normalized spacial score (nSPS) is 14.4. The first kappa shape index (κ1) is 13.2. The maximum atomic E-state index is 4.52. The van der Waals surface area contributed by atoms with Crippen molar-refractivity contribution in [2.24, 2.45) is 0 Å². The largest absolute Gasteiger partial charge is 0.308 e. The van der Waals surface area contributed by atoms with Gasteiger partial charge in [-0.05, 0) is 25.3 Å². The monoisotopic (exact) mass is 260 g/mol. The van der Waals surface area contributed by atoms with Crippen LogP contribution in [0.25, 0.3) is 0 Å². The molecule has 96 valence electrons. The highest BCUT2D eigenvalue weighted by Crippen LogP contribution is 2.18. The molecule has 0 fully saturated rings. The lowest BCUT2D eigenvalue weighted by Gasteiger charge is -2.16. The maximum Gasteiger partial charge on any atom is 0.0898 e. The summed E-state index contributed by atoms with van der Waals surface area (Å²) in [4.78, 5) is 4.52. The van der Waals surface area contributed by atoms with Crippen LogP contribution in [0.5, 0.6) is 0 Å². The Morgan fingerprint density at radius 1 is 1.22 bits per heavy atom. The average molecular weight is 260 g/mol. The van der Waals surface area contributed by atoms with Crippen LogP contribution in [0.4, 0.5) is 0 Å². The molecular formula is C15H20N2S. The molecule has 1 aromatic carbocycles. The number of aromatic nitrogens is 1. The van der Waals surface area contributed by atoms with Crippen LogP contribution in [0.15, 0.2) is 35.7 Å². The fourth-order valence-corrected chi connectivity index (χ4v) is 2.64. The lowest BCUT2D eigenvalue weighted by molar-refractivity contribution is 0.529. The molecule has 2 atom stereocenters. The average Bonchev–Trinajstić information content (AvgIpc) is 2.83. The number of hydrogen-bond acceptors (Lipinski definition) is 3. The molecule has 0 saturated heterocycles. The summed E-state index contributed by atoms with van der Waals surface area (Å²) in [7, 11) is 0. The lowest BCUT2D eigenvalue weighted by Crippen LogP contribution is -2.23. The van der Waals surface area contributed by atoms with E-state index in [9.17, 15) is 0 Å². The van der Waals surface area contributed by atoms with Gasteiger partial charge in [0.15, 0.2) is 0 Å². The van der Waals surface area contributed by atoms with Crippen LogP contribution in [-0.2, 0) is 0 Å². The Balaban J connectivity index is 1.88. The molecule has 0 bridgehead atoms. The number of aryl methyl sites for hydroxylation is 1. The van der Waals surface area contributed by atoms with Gasteiger partial charge in [0.05, 0.1) is 10.7 Å². The van der Waals surface area contributed by atoms with Crippen LogP contribution in [0.2, 0.25) is 0 Å². The van der Waals surface area contributed by atoms with Gasteiger partial charge in [0, 0.05) is 18.0 Å². The Morgan fingerprint density at radius 2 is 1.94 bits per heavy atom. The minimum atomic E-state index is 0.320. The van der Waals surface area contributed by atoms with Gasteiger partial charge in [-0.1, -0.05) is 37.3 Å². The summed E-state index contributed by atoms with van der Waals surface area (Å²) in [5, 5.41) is 6.83. The van der Waals surface area contributed by atoms with E-state index in [1.165, 1.54) is 5.56 Å². The second kappa shape index (κ2) is 6.12. The zero-order chi connectivity index (χ0) is 13.0. The quantitative estimate of drug-likeness (QED) is 0.881. The number of hydrogen-bond donors (Lipinski definition) is 1. The molecular weight excluding hydrogens is 240 g/mol. The van der Waals surface area contributed by atoms with Gasteiger partial charge >= 0.3 is 0 Å². The van der Waals surface area contributed by atoms with Crippen LogP contribution in [-0.4, -0.2) is 11.5 Å². The van der Waals surface area contributed by atoms with Gasteiger partial charge in [-0.3, -0.25) is 0 Å². The second-order valence-electron chi connectivity index (χ2n) is 4.73. The highest BCUT2D eigenvalue weighted by molar-refractivity contribution is 7.09. The molecule has 2 rings (SSSR count). The zero-order valence-electron chi connectivity index (χ0n) is 11.2. The molecule has 0 saturated carbocycles. The summed E-state index contributed by atoms with van der Waals surface area (Å²) >= 11 is 1.71. The fourth-order valence-electron chi connectivity index (χ4n) is 1.94. The Morgan fingerprint density at radius 3 is 2.56 bits per heavy atom. The van der Waals surface area contributed by atoms with E-state index in [-0.39, 0.29) is 0 Å². The van der Waals surface area contributed by atoms with Crippen LogP contribution in [0.1, 0.15) is 42.1 Å². The molecule has 2 nitrogen and oxygen atoms in total. The van der Waals surface area contributed by atoms with Crippen molar-refractivity contribution in [2.75, 3.05) is 6.54 Å². The van der Waals surface area contributed by atoms with E-state index in [0.29, 0.717) is 12.0 Å². The molecule has 0 aliphatic carbocycles. The Hall–Kier alpha value is -1.19. The van der Waals surface area contributed by atoms with Crippen LogP contribution in [0.3, 0.4) is 0 Å². The number of nitrogens with zero attached hydrogens (tertiary/aromatic N) is 1. The topological polar surface area (TPSA) is 24.9 Å². The first-order valence-electron chi connectivity index (χ1n) is 6.37. The van der Waals surface area contributed by atoms with Crippen molar-refractivity contribution in [3.05, 3.63) is 52.0 Å². The van der Waals surface area contributed by atoms with Crippen molar-refractivity contribution in [2.45, 2.75) is 32.7 Å². The molecule has 1 aromatic heterocycles. The standard InChI is InChI=1S/C15H20N2S/c1-11(14-7-5-4-6-8-14)9-16-12(2)15-10-18-13(3)17-15/h4-8,10-12,16H,9H2,1-3H3. The van der Waals surface area contributed by atoms with Crippen LogP contribution in [0, 0.1) is 6.92 Å². The highest BCUT2D eigenvalue weighted by atomic mass is 32.1. The summed E-state index contributed by atoms with van der Waals surface area (Å²) in [6, 6.07) is 10.9. The predicted molar refractivity (Wildman–Crippen MR) is 78.1 cm³/mol. The third-order valence-electron chi connectivity index (χ3n) is 3.18. The molecule has 2 unspecified atom stereocenters. The molecule has 0 aliphatic rings. The summed E-state index contributed by atoms with van der Waals surface area (Å²) in [5.41, 5.74) is 2.53. The first-order valence-corrected chi connectivity index (χ1v) is 7.25. The van der Waals surface area contributed by atoms with Crippen LogP contribution < -0.4 is 5.32 Å². The van der Waals surface area contributed by atoms with Crippen molar-refractivity contribution in [1.29, 1.82) is 0 Å². The third kappa shape index (κ3) is 3.40. The van der Waals surface area contributed by atoms with E-state index in [1.54, 1.807) is 11.3 Å². The molecule has 3 heteroatoms. The first-order chi connectivity index (χ1) is 8.66. The van der Waals surface area contributed by atoms with Gasteiger partial charge in [0.2, 0.25) is 0 Å². The minimum Gasteiger partial charge on any atom is -0.308 e. The van der Waals surface area contributed by atoms with E-state index in [0.717, 1.165) is 17.2 Å². The lowest BCUT2D eigenvalue weighted by atomic mass is 10.0. The number of benzene rings is 1. The predicted octanol–water partition coefficient (Wildman–Crippen LogP) is 3.91. The number of rotatable bonds is 5. The Bertz CT molecular complexity index is 478. The summed E-state index contributed by atoms with van der Waals surface area (Å²) in [6.45, 7) is 7.45. The van der Waals surface area contributed by atoms with Crippen LogP contribution >= 0.6 is 11.3 Å². The van der Waals surface area contributed by atoms with Gasteiger partial charge in [0.1, 0.15) is 0 Å². The summed E-state index contributed by atoms with van der Waals surface area (Å²) in [6.07, 6.45) is 0. The van der Waals surface area contributed by atoms with E-state index < -0.39 is 0 Å². The third-order valence-corrected chi connectivity index (χ3v) is 3.97. The molecule has 18 heavy (non-hydrogen) atoms. The minimum absolute atomic E-state index is 0.320. The molecule has 2 aromatic rings. The van der Waals surface area contributed by atoms with Gasteiger partial charge in [0.25, 0.3) is 0 Å². The zero-order valence-corrected chi connectivity index (χ0v) is 12.0. The van der Waals surface area contributed by atoms with Gasteiger partial charge in [-0.2, -0.15) is 0 Å². The van der Waals surface area contributed by atoms with Crippen molar-refractivity contribution in [1.82, 2.24) is 10.3 Å². The van der Waals surface area contributed by atoms with E-state index in [1.807, 2.05) is 6.92 Å². The van der Waals surface area contributed by atoms with Crippen molar-refractivity contribution in [3.63, 3.8) is 0 Å². The summed E-state index contributed by atoms with van der Waals surface area (Å²) in [5.74, 6) is 0.522. The van der Waals surface area contributed by atoms with Gasteiger partial charge in [-0.15, -0.1) is 11.3 Å². The fraction of sp³-hybridized carbons (Fsp3) is 0.400. The molecule has 1 N–H and O–H groups in total. The summed E-state index contributed by atoms with van der Waals surface area (Å²) < 4.78 is 0. The Labute approximate surface area is 113 Å². The number of thiazole rings is 1. The number of nitrogens with one attached hydrogen (secondary N) is 1. The molecule has 0 spiro atoms. The molecule has 0 aliphatic heterocycles. The SMILES string of the molecule is Cc1nc(C(C)NCC(C)c2ccccc2)cs1. The van der Waals surface area contributed by atoms with E-state index >= 15 is 0 Å². The molecule has 1 heterocycles. The molecule has 0 radical (unpaired) electrons. The van der Waals surface area contributed by atoms with Gasteiger partial charge in [-0.25, -0.2) is 4.98 Å². The van der Waals surface area contributed by atoms with E-state index in [2.05, 4.69) is 59.9 Å². The van der Waals surface area contributed by atoms with Gasteiger partial charge < -0.3 is 5.32 Å². The highest BCUT2D eigenvalue weighted by Gasteiger charge is 2.10. The Kier molecular flexibility index (Phi) is 4.50. The van der Waals surface area contributed by atoms with Crippen molar-refractivity contribution >= 4 is 11.3 Å². The molecule has 0 amide bonds. The van der Waals surface area contributed by atoms with E-state index in [4.69, 9.17) is 0 Å². The second-order valence-corrected chi connectivity index (χ2v) is 5.80. The van der Waals surface area contributed by atoms with Crippen molar-refractivity contribution < 1.29 is 0 Å². The smallest absolute Gasteiger partial charge is 0.0898 e.